The molecule has 3 heteroatoms. The number of carboxylic acid groups (broad SMARTS) is 1. The summed E-state index contributed by atoms with van der Waals surface area (Å²) in [5.41, 5.74) is 0. The lowest BCUT2D eigenvalue weighted by molar-refractivity contribution is -0.139. The van der Waals surface area contributed by atoms with E-state index in [4.69, 9.17) is 5.11 Å². The summed E-state index contributed by atoms with van der Waals surface area (Å²) < 4.78 is 0. The number of rotatable bonds is 15. The van der Waals surface area contributed by atoms with E-state index in [0.29, 0.717) is 0 Å². The Labute approximate surface area is 125 Å². The van der Waals surface area contributed by atoms with Gasteiger partial charge in [-0.25, -0.2) is 0 Å². The predicted octanol–water partition coefficient (Wildman–Crippen LogP) is 4.75. The molecule has 3 nitrogen and oxygen atoms in total. The van der Waals surface area contributed by atoms with E-state index in [1.165, 1.54) is 64.2 Å². The Balaban J connectivity index is 3.25. The molecule has 0 aromatic rings. The van der Waals surface area contributed by atoms with E-state index < -0.39 is 5.97 Å². The predicted molar refractivity (Wildman–Crippen MR) is 86.2 cm³/mol. The zero-order chi connectivity index (χ0) is 15.1. The summed E-state index contributed by atoms with van der Waals surface area (Å²) in [5.74, 6) is -0.709. The number of hydrogen-bond donors (Lipinski definition) is 2. The zero-order valence-corrected chi connectivity index (χ0v) is 13.6. The van der Waals surface area contributed by atoms with Crippen molar-refractivity contribution in [3.05, 3.63) is 0 Å². The summed E-state index contributed by atoms with van der Waals surface area (Å²) in [6.45, 7) is 4.94. The molecule has 1 unspecified atom stereocenters. The highest BCUT2D eigenvalue weighted by Gasteiger charge is 2.14. The Morgan fingerprint density at radius 3 is 1.70 bits per heavy atom. The quantitative estimate of drug-likeness (QED) is 0.427. The molecular formula is C17H35NO2. The Kier molecular flexibility index (Phi) is 14.4. The van der Waals surface area contributed by atoms with Gasteiger partial charge in [-0.2, -0.15) is 0 Å². The third kappa shape index (κ3) is 12.5. The highest BCUT2D eigenvalue weighted by molar-refractivity contribution is 5.73. The van der Waals surface area contributed by atoms with Crippen LogP contribution in [0.2, 0.25) is 0 Å². The first-order chi connectivity index (χ1) is 9.72. The molecule has 0 spiro atoms. The van der Waals surface area contributed by atoms with Crippen LogP contribution >= 0.6 is 0 Å². The molecule has 0 saturated heterocycles. The second kappa shape index (κ2) is 14.8. The number of hydrogen-bond acceptors (Lipinski definition) is 2. The first-order valence-corrected chi connectivity index (χ1v) is 8.68. The lowest BCUT2D eigenvalue weighted by Crippen LogP contribution is -2.36. The molecule has 0 saturated carbocycles. The zero-order valence-electron chi connectivity index (χ0n) is 13.6. The molecule has 0 aliphatic carbocycles. The molecule has 0 aliphatic heterocycles. The fraction of sp³-hybridized carbons (Fsp3) is 0.941. The van der Waals surface area contributed by atoms with Crippen molar-refractivity contribution in [1.82, 2.24) is 5.32 Å². The van der Waals surface area contributed by atoms with Crippen molar-refractivity contribution in [3.63, 3.8) is 0 Å². The van der Waals surface area contributed by atoms with Crippen molar-refractivity contribution < 1.29 is 9.90 Å². The summed E-state index contributed by atoms with van der Waals surface area (Å²) in [4.78, 5) is 10.9. The largest absolute Gasteiger partial charge is 0.480 e. The standard InChI is InChI=1S/C17H35NO2/c1-3-5-6-7-8-9-10-11-12-13-14-15-16(17(19)20)18-4-2/h16,18H,3-15H2,1-2H3,(H,19,20). The van der Waals surface area contributed by atoms with Gasteiger partial charge < -0.3 is 10.4 Å². The highest BCUT2D eigenvalue weighted by Crippen LogP contribution is 2.12. The molecule has 1 atom stereocenters. The van der Waals surface area contributed by atoms with Gasteiger partial charge in [-0.1, -0.05) is 84.5 Å². The summed E-state index contributed by atoms with van der Waals surface area (Å²) in [6.07, 6.45) is 15.2. The van der Waals surface area contributed by atoms with Gasteiger partial charge in [-0.15, -0.1) is 0 Å². The highest BCUT2D eigenvalue weighted by atomic mass is 16.4. The summed E-state index contributed by atoms with van der Waals surface area (Å²) >= 11 is 0. The van der Waals surface area contributed by atoms with Crippen molar-refractivity contribution in [2.24, 2.45) is 0 Å². The molecule has 120 valence electrons. The molecule has 0 fully saturated rings. The van der Waals surface area contributed by atoms with E-state index in [0.717, 1.165) is 19.4 Å². The third-order valence-corrected chi connectivity index (χ3v) is 3.84. The van der Waals surface area contributed by atoms with Gasteiger partial charge in [-0.3, -0.25) is 4.79 Å². The fourth-order valence-electron chi connectivity index (χ4n) is 2.57. The Morgan fingerprint density at radius 2 is 1.30 bits per heavy atom. The van der Waals surface area contributed by atoms with E-state index in [-0.39, 0.29) is 6.04 Å². The van der Waals surface area contributed by atoms with E-state index in [1.54, 1.807) is 0 Å². The minimum Gasteiger partial charge on any atom is -0.480 e. The molecular weight excluding hydrogens is 250 g/mol. The molecule has 0 aliphatic rings. The van der Waals surface area contributed by atoms with E-state index in [9.17, 15) is 4.79 Å². The summed E-state index contributed by atoms with van der Waals surface area (Å²) in [7, 11) is 0. The Bertz CT molecular complexity index is 219. The normalized spacial score (nSPS) is 12.5. The van der Waals surface area contributed by atoms with E-state index in [1.807, 2.05) is 6.92 Å². The molecule has 0 heterocycles. The minimum absolute atomic E-state index is 0.349. The molecule has 0 aromatic heterocycles. The third-order valence-electron chi connectivity index (χ3n) is 3.84. The number of likely N-dealkylation sites (N-methyl/N-ethyl adjacent to an activating group) is 1. The van der Waals surface area contributed by atoms with Gasteiger partial charge in [0.25, 0.3) is 0 Å². The van der Waals surface area contributed by atoms with Crippen LogP contribution in [0.5, 0.6) is 0 Å². The minimum atomic E-state index is -0.709. The topological polar surface area (TPSA) is 49.3 Å². The van der Waals surface area contributed by atoms with Gasteiger partial charge in [0.1, 0.15) is 6.04 Å². The van der Waals surface area contributed by atoms with Gasteiger partial charge in [0, 0.05) is 0 Å². The van der Waals surface area contributed by atoms with Crippen molar-refractivity contribution in [3.8, 4) is 0 Å². The summed E-state index contributed by atoms with van der Waals surface area (Å²) in [6, 6.07) is -0.349. The number of carbonyl (C=O) groups is 1. The second-order valence-electron chi connectivity index (χ2n) is 5.77. The van der Waals surface area contributed by atoms with Crippen molar-refractivity contribution in [2.45, 2.75) is 96.9 Å². The lowest BCUT2D eigenvalue weighted by atomic mass is 10.0. The summed E-state index contributed by atoms with van der Waals surface area (Å²) in [5, 5.41) is 12.0. The average molecular weight is 285 g/mol. The van der Waals surface area contributed by atoms with Gasteiger partial charge in [0.15, 0.2) is 0 Å². The van der Waals surface area contributed by atoms with Crippen LogP contribution in [0.25, 0.3) is 0 Å². The van der Waals surface area contributed by atoms with Crippen molar-refractivity contribution in [2.75, 3.05) is 6.54 Å². The van der Waals surface area contributed by atoms with Gasteiger partial charge >= 0.3 is 5.97 Å². The van der Waals surface area contributed by atoms with Crippen LogP contribution in [-0.4, -0.2) is 23.7 Å². The maximum Gasteiger partial charge on any atom is 0.320 e. The van der Waals surface area contributed by atoms with Crippen LogP contribution in [-0.2, 0) is 4.79 Å². The molecule has 2 N–H and O–H groups in total. The van der Waals surface area contributed by atoms with Crippen LogP contribution < -0.4 is 5.32 Å². The van der Waals surface area contributed by atoms with Crippen LogP contribution in [0.15, 0.2) is 0 Å². The van der Waals surface area contributed by atoms with E-state index >= 15 is 0 Å². The number of carboxylic acids is 1. The van der Waals surface area contributed by atoms with Crippen LogP contribution in [0.1, 0.15) is 90.9 Å². The number of nitrogens with one attached hydrogen (secondary N) is 1. The first kappa shape index (κ1) is 19.4. The molecule has 0 rings (SSSR count). The lowest BCUT2D eigenvalue weighted by Gasteiger charge is -2.12. The van der Waals surface area contributed by atoms with Crippen LogP contribution in [0.4, 0.5) is 0 Å². The SMILES string of the molecule is CCCCCCCCCCCCCC(NCC)C(=O)O. The maximum atomic E-state index is 10.9. The fourth-order valence-corrected chi connectivity index (χ4v) is 2.57. The first-order valence-electron chi connectivity index (χ1n) is 8.68. The van der Waals surface area contributed by atoms with Gasteiger partial charge in [-0.05, 0) is 13.0 Å². The molecule has 0 aromatic carbocycles. The molecule has 0 amide bonds. The number of unbranched alkanes of at least 4 members (excludes halogenated alkanes) is 10. The maximum absolute atomic E-state index is 10.9. The monoisotopic (exact) mass is 285 g/mol. The van der Waals surface area contributed by atoms with Gasteiger partial charge in [0.05, 0.1) is 0 Å². The molecule has 20 heavy (non-hydrogen) atoms. The van der Waals surface area contributed by atoms with Crippen molar-refractivity contribution >= 4 is 5.97 Å². The number of aliphatic carboxylic acids is 1. The molecule has 0 radical (unpaired) electrons. The Morgan fingerprint density at radius 1 is 0.850 bits per heavy atom. The van der Waals surface area contributed by atoms with Crippen molar-refractivity contribution in [1.29, 1.82) is 0 Å². The average Bonchev–Trinajstić information content (AvgIpc) is 2.43. The van der Waals surface area contributed by atoms with Crippen LogP contribution in [0, 0.1) is 0 Å². The van der Waals surface area contributed by atoms with Crippen LogP contribution in [0.3, 0.4) is 0 Å². The van der Waals surface area contributed by atoms with E-state index in [2.05, 4.69) is 12.2 Å². The second-order valence-corrected chi connectivity index (χ2v) is 5.77. The smallest absolute Gasteiger partial charge is 0.320 e. The Hall–Kier alpha value is -0.570. The molecule has 0 bridgehead atoms. The van der Waals surface area contributed by atoms with Gasteiger partial charge in [0.2, 0.25) is 0 Å².